The minimum atomic E-state index is -0.271. The molecule has 4 heteroatoms. The Hall–Kier alpha value is -1.13. The Morgan fingerprint density at radius 2 is 1.95 bits per heavy atom. The molecule has 4 nitrogen and oxygen atoms in total. The molecule has 1 fully saturated rings. The second kappa shape index (κ2) is 10.6. The largest absolute Gasteiger partial charge is 0.369 e. The van der Waals surface area contributed by atoms with E-state index in [1.165, 1.54) is 17.6 Å². The smallest absolute Gasteiger partial charge is 0.221 e. The summed E-state index contributed by atoms with van der Waals surface area (Å²) in [7, 11) is 0. The minimum absolute atomic E-state index is 0.0122. The third kappa shape index (κ3) is 9.43. The average Bonchev–Trinajstić information content (AvgIpc) is 2.46. The first kappa shape index (κ1) is 17.9. The van der Waals surface area contributed by atoms with Crippen LogP contribution in [-0.2, 0) is 14.3 Å². The molecule has 120 valence electrons. The van der Waals surface area contributed by atoms with E-state index in [4.69, 9.17) is 15.2 Å². The molecule has 0 aromatic heterocycles. The van der Waals surface area contributed by atoms with Gasteiger partial charge in [-0.05, 0) is 52.4 Å². The van der Waals surface area contributed by atoms with Crippen molar-refractivity contribution < 1.29 is 14.3 Å². The summed E-state index contributed by atoms with van der Waals surface area (Å²) >= 11 is 0. The Kier molecular flexibility index (Phi) is 9.02. The van der Waals surface area contributed by atoms with E-state index >= 15 is 0 Å². The van der Waals surface area contributed by atoms with Gasteiger partial charge in [0.05, 0.1) is 6.61 Å². The van der Waals surface area contributed by atoms with E-state index in [1.54, 1.807) is 0 Å². The van der Waals surface area contributed by atoms with Crippen molar-refractivity contribution in [3.63, 3.8) is 0 Å². The fourth-order valence-corrected chi connectivity index (χ4v) is 2.27. The third-order valence-electron chi connectivity index (χ3n) is 3.65. The van der Waals surface area contributed by atoms with Crippen LogP contribution in [0.3, 0.4) is 0 Å². The van der Waals surface area contributed by atoms with Gasteiger partial charge in [0.2, 0.25) is 5.91 Å². The van der Waals surface area contributed by atoms with Crippen molar-refractivity contribution in [3.8, 4) is 0 Å². The molecule has 0 aliphatic carbocycles. The highest BCUT2D eigenvalue weighted by Crippen LogP contribution is 2.15. The standard InChI is InChI=1S/C17H29NO3/c1-14(9-10-16(18)19)6-5-7-15(2)11-13-21-17-8-3-4-12-20-17/h9,11,17H,3-8,10,12-13H2,1-2H3,(H2,18,19)/b14-9+,15-11+. The summed E-state index contributed by atoms with van der Waals surface area (Å²) in [5, 5.41) is 0. The molecule has 0 bridgehead atoms. The van der Waals surface area contributed by atoms with E-state index in [0.717, 1.165) is 38.7 Å². The summed E-state index contributed by atoms with van der Waals surface area (Å²) in [5.74, 6) is -0.271. The van der Waals surface area contributed by atoms with Crippen molar-refractivity contribution in [2.45, 2.75) is 65.1 Å². The molecule has 1 heterocycles. The van der Waals surface area contributed by atoms with E-state index in [-0.39, 0.29) is 12.2 Å². The van der Waals surface area contributed by atoms with Crippen molar-refractivity contribution in [2.75, 3.05) is 13.2 Å². The number of carbonyl (C=O) groups is 1. The number of primary amides is 1. The highest BCUT2D eigenvalue weighted by molar-refractivity contribution is 5.75. The van der Waals surface area contributed by atoms with Crippen molar-refractivity contribution in [2.24, 2.45) is 5.73 Å². The molecule has 0 spiro atoms. The third-order valence-corrected chi connectivity index (χ3v) is 3.65. The molecule has 0 aromatic carbocycles. The number of hydrogen-bond donors (Lipinski definition) is 1. The Balaban J connectivity index is 2.11. The highest BCUT2D eigenvalue weighted by Gasteiger charge is 2.12. The number of carbonyl (C=O) groups excluding carboxylic acids is 1. The number of rotatable bonds is 9. The molecule has 2 N–H and O–H groups in total. The zero-order valence-corrected chi connectivity index (χ0v) is 13.4. The van der Waals surface area contributed by atoms with Gasteiger partial charge in [-0.1, -0.05) is 23.3 Å². The Bertz CT molecular complexity index is 368. The van der Waals surface area contributed by atoms with Crippen LogP contribution in [0.25, 0.3) is 0 Å². The van der Waals surface area contributed by atoms with E-state index in [1.807, 2.05) is 13.0 Å². The molecule has 1 aliphatic heterocycles. The van der Waals surface area contributed by atoms with Gasteiger partial charge in [0, 0.05) is 13.0 Å². The molecule has 1 rings (SSSR count). The van der Waals surface area contributed by atoms with Gasteiger partial charge in [-0.3, -0.25) is 4.79 Å². The molecule has 21 heavy (non-hydrogen) atoms. The van der Waals surface area contributed by atoms with Gasteiger partial charge in [-0.2, -0.15) is 0 Å². The number of ether oxygens (including phenoxy) is 2. The molecule has 0 aromatic rings. The summed E-state index contributed by atoms with van der Waals surface area (Å²) in [6, 6.07) is 0. The van der Waals surface area contributed by atoms with Crippen molar-refractivity contribution in [1.82, 2.24) is 0 Å². The number of amides is 1. The average molecular weight is 295 g/mol. The minimum Gasteiger partial charge on any atom is -0.369 e. The van der Waals surface area contributed by atoms with Crippen LogP contribution in [0.1, 0.15) is 58.8 Å². The molecule has 1 unspecified atom stereocenters. The second-order valence-corrected chi connectivity index (χ2v) is 5.75. The molecular weight excluding hydrogens is 266 g/mol. The molecule has 0 radical (unpaired) electrons. The van der Waals surface area contributed by atoms with E-state index in [2.05, 4.69) is 13.0 Å². The number of hydrogen-bond acceptors (Lipinski definition) is 3. The zero-order chi connectivity index (χ0) is 15.5. The first-order valence-electron chi connectivity index (χ1n) is 7.90. The maximum absolute atomic E-state index is 10.7. The monoisotopic (exact) mass is 295 g/mol. The first-order valence-corrected chi connectivity index (χ1v) is 7.90. The molecule has 1 aliphatic rings. The fraction of sp³-hybridized carbons (Fsp3) is 0.706. The maximum atomic E-state index is 10.7. The van der Waals surface area contributed by atoms with Crippen LogP contribution in [0, 0.1) is 0 Å². The fourth-order valence-electron chi connectivity index (χ4n) is 2.27. The van der Waals surface area contributed by atoms with Crippen LogP contribution in [-0.4, -0.2) is 25.4 Å². The van der Waals surface area contributed by atoms with Gasteiger partial charge < -0.3 is 15.2 Å². The zero-order valence-electron chi connectivity index (χ0n) is 13.4. The van der Waals surface area contributed by atoms with E-state index in [0.29, 0.717) is 13.0 Å². The molecule has 1 atom stereocenters. The van der Waals surface area contributed by atoms with Crippen molar-refractivity contribution >= 4 is 5.91 Å². The lowest BCUT2D eigenvalue weighted by atomic mass is 10.1. The van der Waals surface area contributed by atoms with Gasteiger partial charge in [0.1, 0.15) is 0 Å². The normalized spacial score (nSPS) is 20.6. The molecule has 1 amide bonds. The van der Waals surface area contributed by atoms with Crippen LogP contribution in [0.15, 0.2) is 23.3 Å². The lowest BCUT2D eigenvalue weighted by Crippen LogP contribution is -2.22. The quantitative estimate of drug-likeness (QED) is 0.663. The SMILES string of the molecule is C/C(=C\COC1CCCCO1)CCC/C(C)=C/CC(N)=O. The van der Waals surface area contributed by atoms with Crippen LogP contribution in [0.5, 0.6) is 0 Å². The first-order chi connectivity index (χ1) is 10.1. The summed E-state index contributed by atoms with van der Waals surface area (Å²) < 4.78 is 11.2. The van der Waals surface area contributed by atoms with Crippen LogP contribution in [0.4, 0.5) is 0 Å². The summed E-state index contributed by atoms with van der Waals surface area (Å²) in [6.45, 7) is 5.64. The van der Waals surface area contributed by atoms with Crippen LogP contribution >= 0.6 is 0 Å². The van der Waals surface area contributed by atoms with Gasteiger partial charge in [-0.15, -0.1) is 0 Å². The summed E-state index contributed by atoms with van der Waals surface area (Å²) in [4.78, 5) is 10.7. The predicted molar refractivity (Wildman–Crippen MR) is 84.7 cm³/mol. The summed E-state index contributed by atoms with van der Waals surface area (Å²) in [5.41, 5.74) is 7.69. The molecule has 0 saturated carbocycles. The Labute approximate surface area is 128 Å². The number of allylic oxidation sites excluding steroid dienone is 2. The van der Waals surface area contributed by atoms with Crippen LogP contribution in [0.2, 0.25) is 0 Å². The van der Waals surface area contributed by atoms with Crippen molar-refractivity contribution in [1.29, 1.82) is 0 Å². The highest BCUT2D eigenvalue weighted by atomic mass is 16.7. The second-order valence-electron chi connectivity index (χ2n) is 5.75. The predicted octanol–water partition coefficient (Wildman–Crippen LogP) is 3.47. The Morgan fingerprint density at radius 3 is 2.57 bits per heavy atom. The van der Waals surface area contributed by atoms with Crippen molar-refractivity contribution in [3.05, 3.63) is 23.3 Å². The van der Waals surface area contributed by atoms with E-state index in [9.17, 15) is 4.79 Å². The van der Waals surface area contributed by atoms with Gasteiger partial charge >= 0.3 is 0 Å². The molecule has 1 saturated heterocycles. The van der Waals surface area contributed by atoms with Gasteiger partial charge in [-0.25, -0.2) is 0 Å². The lowest BCUT2D eigenvalue weighted by Gasteiger charge is -2.22. The van der Waals surface area contributed by atoms with E-state index < -0.39 is 0 Å². The summed E-state index contributed by atoms with van der Waals surface area (Å²) in [6.07, 6.45) is 10.9. The lowest BCUT2D eigenvalue weighted by molar-refractivity contribution is -0.155. The topological polar surface area (TPSA) is 61.6 Å². The number of nitrogens with two attached hydrogens (primary N) is 1. The van der Waals surface area contributed by atoms with Gasteiger partial charge in [0.15, 0.2) is 6.29 Å². The van der Waals surface area contributed by atoms with Gasteiger partial charge in [0.25, 0.3) is 0 Å². The Morgan fingerprint density at radius 1 is 1.24 bits per heavy atom. The maximum Gasteiger partial charge on any atom is 0.221 e. The van der Waals surface area contributed by atoms with Crippen LogP contribution < -0.4 is 5.73 Å². The molecular formula is C17H29NO3.